The lowest BCUT2D eigenvalue weighted by Gasteiger charge is -2.29. The smallest absolute Gasteiger partial charge is 0.229 e. The molecule has 29 heavy (non-hydrogen) atoms. The van der Waals surface area contributed by atoms with E-state index < -0.39 is 10.0 Å². The number of nitrogens with one attached hydrogen (secondary N) is 2. The van der Waals surface area contributed by atoms with Crippen LogP contribution in [0.15, 0.2) is 54.7 Å². The highest BCUT2D eigenvalue weighted by Gasteiger charge is 2.15. The maximum Gasteiger partial charge on any atom is 0.229 e. The number of anilines is 3. The number of aromatic nitrogens is 1. The van der Waals surface area contributed by atoms with Crippen LogP contribution in [0.3, 0.4) is 0 Å². The highest BCUT2D eigenvalue weighted by atomic mass is 32.2. The normalized spacial score (nSPS) is 14.7. The van der Waals surface area contributed by atoms with Crippen LogP contribution in [-0.4, -0.2) is 32.7 Å². The van der Waals surface area contributed by atoms with Crippen LogP contribution in [0.5, 0.6) is 0 Å². The van der Waals surface area contributed by atoms with E-state index in [0.29, 0.717) is 12.2 Å². The molecule has 2 aromatic carbocycles. The highest BCUT2D eigenvalue weighted by molar-refractivity contribution is 7.92. The summed E-state index contributed by atoms with van der Waals surface area (Å²) in [5.41, 5.74) is 4.81. The largest absolute Gasteiger partial charge is 0.380 e. The molecule has 0 amide bonds. The first-order valence-corrected chi connectivity index (χ1v) is 11.8. The van der Waals surface area contributed by atoms with Crippen molar-refractivity contribution in [2.75, 3.05) is 34.3 Å². The predicted octanol–water partition coefficient (Wildman–Crippen LogP) is 4.21. The molecule has 6 nitrogen and oxygen atoms in total. The van der Waals surface area contributed by atoms with Gasteiger partial charge in [0, 0.05) is 42.6 Å². The van der Waals surface area contributed by atoms with Gasteiger partial charge in [0.05, 0.1) is 17.5 Å². The number of benzene rings is 2. The van der Waals surface area contributed by atoms with Gasteiger partial charge >= 0.3 is 0 Å². The first-order valence-electron chi connectivity index (χ1n) is 9.93. The van der Waals surface area contributed by atoms with Crippen molar-refractivity contribution in [1.29, 1.82) is 0 Å². The zero-order valence-corrected chi connectivity index (χ0v) is 17.4. The Morgan fingerprint density at radius 3 is 2.66 bits per heavy atom. The Bertz CT molecular complexity index is 1110. The van der Waals surface area contributed by atoms with Gasteiger partial charge in [0.2, 0.25) is 10.0 Å². The monoisotopic (exact) mass is 410 g/mol. The van der Waals surface area contributed by atoms with Gasteiger partial charge in [-0.2, -0.15) is 0 Å². The maximum atomic E-state index is 11.5. The molecule has 1 aliphatic heterocycles. The molecule has 1 fully saturated rings. The van der Waals surface area contributed by atoms with Crippen molar-refractivity contribution in [3.8, 4) is 0 Å². The molecular weight excluding hydrogens is 384 g/mol. The second-order valence-electron chi connectivity index (χ2n) is 7.51. The molecule has 2 N–H and O–H groups in total. The molecule has 1 saturated heterocycles. The Labute approximate surface area is 172 Å². The number of rotatable bonds is 6. The number of fused-ring (bicyclic) bond motifs is 1. The van der Waals surface area contributed by atoms with Crippen LogP contribution in [0, 0.1) is 0 Å². The van der Waals surface area contributed by atoms with E-state index in [9.17, 15) is 8.42 Å². The van der Waals surface area contributed by atoms with Gasteiger partial charge in [-0.3, -0.25) is 9.71 Å². The Kier molecular flexibility index (Phi) is 5.58. The zero-order valence-electron chi connectivity index (χ0n) is 16.6. The summed E-state index contributed by atoms with van der Waals surface area (Å²) in [6, 6.07) is 15.8. The highest BCUT2D eigenvalue weighted by Crippen LogP contribution is 2.32. The van der Waals surface area contributed by atoms with E-state index >= 15 is 0 Å². The Morgan fingerprint density at radius 1 is 1.03 bits per heavy atom. The van der Waals surface area contributed by atoms with Crippen molar-refractivity contribution in [1.82, 2.24) is 4.98 Å². The third-order valence-electron chi connectivity index (χ3n) is 5.16. The summed E-state index contributed by atoms with van der Waals surface area (Å²) in [5.74, 6) is 0. The first-order chi connectivity index (χ1) is 14.0. The molecule has 0 aliphatic carbocycles. The third-order valence-corrected chi connectivity index (χ3v) is 5.76. The quantitative estimate of drug-likeness (QED) is 0.637. The summed E-state index contributed by atoms with van der Waals surface area (Å²) in [6.07, 6.45) is 6.76. The van der Waals surface area contributed by atoms with E-state index in [-0.39, 0.29) is 0 Å². The molecular formula is C22H26N4O2S. The minimum Gasteiger partial charge on any atom is -0.380 e. The number of sulfonamides is 1. The average Bonchev–Trinajstić information content (AvgIpc) is 2.71. The zero-order chi connectivity index (χ0) is 20.3. The molecule has 0 spiro atoms. The second-order valence-corrected chi connectivity index (χ2v) is 9.26. The van der Waals surface area contributed by atoms with Crippen molar-refractivity contribution in [2.45, 2.75) is 25.8 Å². The second kappa shape index (κ2) is 8.29. The van der Waals surface area contributed by atoms with Gasteiger partial charge in [0.25, 0.3) is 0 Å². The average molecular weight is 411 g/mol. The van der Waals surface area contributed by atoms with Gasteiger partial charge in [-0.25, -0.2) is 8.42 Å². The van der Waals surface area contributed by atoms with E-state index in [0.717, 1.165) is 41.5 Å². The first kappa shape index (κ1) is 19.5. The SMILES string of the molecule is CS(=O)(=O)Nc1cccc(CNc2ccc(N3CCCCC3)c3ncccc23)c1. The summed E-state index contributed by atoms with van der Waals surface area (Å²) in [4.78, 5) is 7.10. The van der Waals surface area contributed by atoms with Crippen LogP contribution in [0.2, 0.25) is 0 Å². The topological polar surface area (TPSA) is 74.3 Å². The van der Waals surface area contributed by atoms with Crippen LogP contribution in [0.25, 0.3) is 10.9 Å². The van der Waals surface area contributed by atoms with Crippen LogP contribution < -0.4 is 14.9 Å². The van der Waals surface area contributed by atoms with Crippen molar-refractivity contribution >= 4 is 38.0 Å². The van der Waals surface area contributed by atoms with E-state index in [2.05, 4.69) is 38.1 Å². The number of hydrogen-bond acceptors (Lipinski definition) is 5. The van der Waals surface area contributed by atoms with Crippen molar-refractivity contribution in [3.63, 3.8) is 0 Å². The number of piperidine rings is 1. The lowest BCUT2D eigenvalue weighted by molar-refractivity contribution is 0.579. The minimum atomic E-state index is -3.29. The molecule has 4 rings (SSSR count). The standard InChI is InChI=1S/C22H26N4O2S/c1-29(27,28)25-18-8-5-7-17(15-18)16-24-20-10-11-21(26-13-3-2-4-14-26)22-19(20)9-6-12-23-22/h5-12,15,24-25H,2-4,13-14,16H2,1H3. The van der Waals surface area contributed by atoms with Gasteiger partial charge < -0.3 is 10.2 Å². The molecule has 0 atom stereocenters. The summed E-state index contributed by atoms with van der Waals surface area (Å²) in [6.45, 7) is 2.75. The van der Waals surface area contributed by atoms with E-state index in [4.69, 9.17) is 0 Å². The van der Waals surface area contributed by atoms with Crippen LogP contribution >= 0.6 is 0 Å². The molecule has 1 aliphatic rings. The van der Waals surface area contributed by atoms with Crippen molar-refractivity contribution < 1.29 is 8.42 Å². The summed E-state index contributed by atoms with van der Waals surface area (Å²) >= 11 is 0. The molecule has 0 radical (unpaired) electrons. The molecule has 0 unspecified atom stereocenters. The fraction of sp³-hybridized carbons (Fsp3) is 0.318. The summed E-state index contributed by atoms with van der Waals surface area (Å²) in [7, 11) is -3.29. The molecule has 0 bridgehead atoms. The van der Waals surface area contributed by atoms with E-state index in [1.807, 2.05) is 30.5 Å². The number of nitrogens with zero attached hydrogens (tertiary/aromatic N) is 2. The van der Waals surface area contributed by atoms with Gasteiger partial charge in [-0.1, -0.05) is 12.1 Å². The molecule has 0 saturated carbocycles. The summed E-state index contributed by atoms with van der Waals surface area (Å²) < 4.78 is 25.4. The van der Waals surface area contributed by atoms with E-state index in [1.54, 1.807) is 6.07 Å². The Hall–Kier alpha value is -2.80. The lowest BCUT2D eigenvalue weighted by Crippen LogP contribution is -2.29. The molecule has 2 heterocycles. The molecule has 7 heteroatoms. The summed E-state index contributed by atoms with van der Waals surface area (Å²) in [5, 5.41) is 4.59. The fourth-order valence-electron chi connectivity index (χ4n) is 3.86. The van der Waals surface area contributed by atoms with Crippen molar-refractivity contribution in [2.24, 2.45) is 0 Å². The molecule has 3 aromatic rings. The number of pyridine rings is 1. The minimum absolute atomic E-state index is 0.568. The molecule has 152 valence electrons. The fourth-order valence-corrected chi connectivity index (χ4v) is 4.41. The third kappa shape index (κ3) is 4.79. The van der Waals surface area contributed by atoms with Crippen LogP contribution in [0.4, 0.5) is 17.1 Å². The van der Waals surface area contributed by atoms with Gasteiger partial charge in [0.15, 0.2) is 0 Å². The van der Waals surface area contributed by atoms with Gasteiger partial charge in [-0.15, -0.1) is 0 Å². The lowest BCUT2D eigenvalue weighted by atomic mass is 10.1. The van der Waals surface area contributed by atoms with Crippen LogP contribution in [0.1, 0.15) is 24.8 Å². The van der Waals surface area contributed by atoms with Gasteiger partial charge in [-0.05, 0) is 61.2 Å². The molecule has 1 aromatic heterocycles. The Balaban J connectivity index is 1.57. The van der Waals surface area contributed by atoms with Crippen molar-refractivity contribution in [3.05, 3.63) is 60.3 Å². The van der Waals surface area contributed by atoms with E-state index in [1.165, 1.54) is 24.9 Å². The van der Waals surface area contributed by atoms with Crippen LogP contribution in [-0.2, 0) is 16.6 Å². The maximum absolute atomic E-state index is 11.5. The predicted molar refractivity (Wildman–Crippen MR) is 120 cm³/mol. The Morgan fingerprint density at radius 2 is 1.86 bits per heavy atom. The van der Waals surface area contributed by atoms with Gasteiger partial charge in [0.1, 0.15) is 0 Å². The number of hydrogen-bond donors (Lipinski definition) is 2.